The molecule has 4 heterocycles. The third kappa shape index (κ3) is 5.80. The van der Waals surface area contributed by atoms with Gasteiger partial charge in [-0.15, -0.1) is 0 Å². The molecule has 0 N–H and O–H groups in total. The van der Waals surface area contributed by atoms with Crippen LogP contribution in [0.1, 0.15) is 0 Å². The summed E-state index contributed by atoms with van der Waals surface area (Å²) in [6.45, 7) is 0. The van der Waals surface area contributed by atoms with Gasteiger partial charge in [-0.25, -0.2) is 15.0 Å². The predicted molar refractivity (Wildman–Crippen MR) is 275 cm³/mol. The minimum Gasteiger partial charge on any atom is -0.456 e. The number of para-hydroxylation sites is 5. The number of hydrogen-bond acceptors (Lipinski definition) is 4. The molecule has 4 aromatic heterocycles. The van der Waals surface area contributed by atoms with Crippen LogP contribution in [0.25, 0.3) is 133 Å². The highest BCUT2D eigenvalue weighted by atomic mass is 16.3. The fourth-order valence-electron chi connectivity index (χ4n) is 10.4. The van der Waals surface area contributed by atoms with Gasteiger partial charge in [-0.05, 0) is 82.6 Å². The molecule has 0 amide bonds. The quantitative estimate of drug-likeness (QED) is 0.167. The zero-order chi connectivity index (χ0) is 44.0. The van der Waals surface area contributed by atoms with E-state index in [0.717, 1.165) is 94.0 Å². The summed E-state index contributed by atoms with van der Waals surface area (Å²) in [6.07, 6.45) is 0. The van der Waals surface area contributed by atoms with Gasteiger partial charge in [0, 0.05) is 49.1 Å². The highest BCUT2D eigenvalue weighted by Gasteiger charge is 2.26. The van der Waals surface area contributed by atoms with Gasteiger partial charge in [-0.2, -0.15) is 0 Å². The number of fused-ring (bicyclic) bond motifs is 10. The van der Waals surface area contributed by atoms with Crippen LogP contribution in [0.5, 0.6) is 0 Å². The maximum Gasteiger partial charge on any atom is 0.166 e. The lowest BCUT2D eigenvalue weighted by Crippen LogP contribution is -2.05. The Morgan fingerprint density at radius 2 is 0.925 bits per heavy atom. The molecule has 67 heavy (non-hydrogen) atoms. The minimum absolute atomic E-state index is 0.547. The first-order valence-electron chi connectivity index (χ1n) is 22.6. The summed E-state index contributed by atoms with van der Waals surface area (Å²) in [6, 6.07) is 79.1. The normalized spacial score (nSPS) is 11.9. The van der Waals surface area contributed by atoms with E-state index in [1.54, 1.807) is 0 Å². The van der Waals surface area contributed by atoms with E-state index in [-0.39, 0.29) is 0 Å². The van der Waals surface area contributed by atoms with Gasteiger partial charge in [0.05, 0.1) is 33.3 Å². The van der Waals surface area contributed by atoms with Crippen LogP contribution in [-0.2, 0) is 0 Å². The van der Waals surface area contributed by atoms with Gasteiger partial charge >= 0.3 is 0 Å². The van der Waals surface area contributed by atoms with Crippen LogP contribution in [-0.4, -0.2) is 24.1 Å². The van der Waals surface area contributed by atoms with Crippen LogP contribution in [0, 0.1) is 0 Å². The van der Waals surface area contributed by atoms with Gasteiger partial charge in [0.2, 0.25) is 0 Å². The highest BCUT2D eigenvalue weighted by molar-refractivity contribution is 6.18. The van der Waals surface area contributed by atoms with E-state index in [1.807, 2.05) is 18.2 Å². The van der Waals surface area contributed by atoms with Gasteiger partial charge in [0.15, 0.2) is 17.5 Å². The van der Waals surface area contributed by atoms with Crippen molar-refractivity contribution >= 4 is 76.3 Å². The number of furan rings is 1. The van der Waals surface area contributed by atoms with Gasteiger partial charge in [-0.1, -0.05) is 164 Å². The lowest BCUT2D eigenvalue weighted by molar-refractivity contribution is 0.669. The second-order valence-electron chi connectivity index (χ2n) is 17.1. The standard InChI is InChI=1S/C61H37N5O/c1-3-16-38(17-4-1)39-30-32-40(33-31-39)59-62-60(48-26-15-25-46-44-22-9-12-27-50(44)65(58(46)48)43-20-5-2-6-21-43)64-61(63-59)57-52(34-35-55-56(57)47-24-11-14-29-54(47)67-55)66-51-28-13-10-23-45(51)49-36-41-18-7-8-19-42(41)37-53(49)66/h1-37H. The smallest absolute Gasteiger partial charge is 0.166 e. The largest absolute Gasteiger partial charge is 0.456 e. The van der Waals surface area contributed by atoms with Gasteiger partial charge in [0.1, 0.15) is 11.2 Å². The van der Waals surface area contributed by atoms with Gasteiger partial charge < -0.3 is 13.6 Å². The van der Waals surface area contributed by atoms with Crippen LogP contribution in [0.4, 0.5) is 0 Å². The van der Waals surface area contributed by atoms with E-state index in [2.05, 4.69) is 215 Å². The highest BCUT2D eigenvalue weighted by Crippen LogP contribution is 2.45. The molecule has 0 aliphatic heterocycles. The molecule has 6 nitrogen and oxygen atoms in total. The molecule has 0 atom stereocenters. The van der Waals surface area contributed by atoms with E-state index >= 15 is 0 Å². The average Bonchev–Trinajstić information content (AvgIpc) is 4.06. The molecule has 10 aromatic carbocycles. The molecule has 0 aliphatic rings. The lowest BCUT2D eigenvalue weighted by Gasteiger charge is -2.16. The average molecular weight is 856 g/mol. The van der Waals surface area contributed by atoms with E-state index in [4.69, 9.17) is 19.4 Å². The second kappa shape index (κ2) is 14.7. The Morgan fingerprint density at radius 3 is 1.72 bits per heavy atom. The Labute approximate surface area is 384 Å². The molecule has 0 spiro atoms. The summed E-state index contributed by atoms with van der Waals surface area (Å²) in [5, 5.41) is 8.92. The molecule has 0 radical (unpaired) electrons. The topological polar surface area (TPSA) is 61.7 Å². The van der Waals surface area contributed by atoms with Crippen molar-refractivity contribution in [3.05, 3.63) is 224 Å². The van der Waals surface area contributed by atoms with Crippen molar-refractivity contribution in [1.29, 1.82) is 0 Å². The van der Waals surface area contributed by atoms with E-state index < -0.39 is 0 Å². The van der Waals surface area contributed by atoms with E-state index in [0.29, 0.717) is 17.5 Å². The summed E-state index contributed by atoms with van der Waals surface area (Å²) >= 11 is 0. The van der Waals surface area contributed by atoms with Crippen molar-refractivity contribution in [2.24, 2.45) is 0 Å². The Morgan fingerprint density at radius 1 is 0.343 bits per heavy atom. The molecule has 6 heteroatoms. The Balaban J connectivity index is 1.11. The van der Waals surface area contributed by atoms with Gasteiger partial charge in [-0.3, -0.25) is 0 Å². The fourth-order valence-corrected chi connectivity index (χ4v) is 10.4. The van der Waals surface area contributed by atoms with Crippen molar-refractivity contribution in [3.8, 4) is 56.7 Å². The Hall–Kier alpha value is -9.13. The first kappa shape index (κ1) is 37.3. The molecule has 0 saturated carbocycles. The summed E-state index contributed by atoms with van der Waals surface area (Å²) in [5.74, 6) is 1.69. The van der Waals surface area contributed by atoms with Gasteiger partial charge in [0.25, 0.3) is 0 Å². The third-order valence-electron chi connectivity index (χ3n) is 13.4. The molecule has 0 saturated heterocycles. The van der Waals surface area contributed by atoms with Crippen LogP contribution >= 0.6 is 0 Å². The zero-order valence-electron chi connectivity index (χ0n) is 36.0. The number of benzene rings is 10. The Kier molecular flexibility index (Phi) is 8.18. The van der Waals surface area contributed by atoms with Crippen molar-refractivity contribution < 1.29 is 4.42 Å². The first-order chi connectivity index (χ1) is 33.2. The van der Waals surface area contributed by atoms with Crippen LogP contribution < -0.4 is 0 Å². The van der Waals surface area contributed by atoms with E-state index in [1.165, 1.54) is 21.5 Å². The maximum absolute atomic E-state index is 6.68. The predicted octanol–water partition coefficient (Wildman–Crippen LogP) is 15.8. The number of hydrogen-bond donors (Lipinski definition) is 0. The summed E-state index contributed by atoms with van der Waals surface area (Å²) in [7, 11) is 0. The second-order valence-corrected chi connectivity index (χ2v) is 17.1. The lowest BCUT2D eigenvalue weighted by atomic mass is 10.0. The molecule has 0 bridgehead atoms. The fraction of sp³-hybridized carbons (Fsp3) is 0. The summed E-state index contributed by atoms with van der Waals surface area (Å²) < 4.78 is 11.4. The summed E-state index contributed by atoms with van der Waals surface area (Å²) in [5.41, 5.74) is 12.8. The monoisotopic (exact) mass is 855 g/mol. The van der Waals surface area contributed by atoms with Crippen molar-refractivity contribution in [2.45, 2.75) is 0 Å². The third-order valence-corrected chi connectivity index (χ3v) is 13.4. The first-order valence-corrected chi connectivity index (χ1v) is 22.6. The molecule has 0 unspecified atom stereocenters. The van der Waals surface area contributed by atoms with Crippen molar-refractivity contribution in [3.63, 3.8) is 0 Å². The van der Waals surface area contributed by atoms with Crippen LogP contribution in [0.2, 0.25) is 0 Å². The number of nitrogens with zero attached hydrogens (tertiary/aromatic N) is 5. The number of rotatable bonds is 6. The number of aromatic nitrogens is 5. The van der Waals surface area contributed by atoms with Crippen molar-refractivity contribution in [2.75, 3.05) is 0 Å². The molecule has 14 rings (SSSR count). The molecule has 14 aromatic rings. The Bertz CT molecular complexity index is 4260. The molecule has 0 fully saturated rings. The van der Waals surface area contributed by atoms with E-state index in [9.17, 15) is 0 Å². The minimum atomic E-state index is 0.547. The maximum atomic E-state index is 6.68. The SMILES string of the molecule is c1ccc(-c2ccc(-c3nc(-c4c(-n5c6ccccc6c6cc7ccccc7cc65)ccc5oc6ccccc6c45)nc(-c4cccc5c6ccccc6n(-c6ccccc6)c45)n3)cc2)cc1. The molecule has 0 aliphatic carbocycles. The van der Waals surface area contributed by atoms with Crippen LogP contribution in [0.15, 0.2) is 229 Å². The zero-order valence-corrected chi connectivity index (χ0v) is 36.0. The molecule has 312 valence electrons. The summed E-state index contributed by atoms with van der Waals surface area (Å²) in [4.78, 5) is 16.6. The van der Waals surface area contributed by atoms with Crippen molar-refractivity contribution in [1.82, 2.24) is 24.1 Å². The molecular weight excluding hydrogens is 819 g/mol. The molecular formula is C61H37N5O. The van der Waals surface area contributed by atoms with Crippen LogP contribution in [0.3, 0.4) is 0 Å².